The van der Waals surface area contributed by atoms with Crippen molar-refractivity contribution in [3.63, 3.8) is 0 Å². The van der Waals surface area contributed by atoms with Crippen molar-refractivity contribution in [1.82, 2.24) is 0 Å². The summed E-state index contributed by atoms with van der Waals surface area (Å²) in [6, 6.07) is 5.91. The molecular formula is C13H19BrO2. The second-order valence-corrected chi connectivity index (χ2v) is 5.32. The van der Waals surface area contributed by atoms with E-state index in [0.717, 1.165) is 17.9 Å². The van der Waals surface area contributed by atoms with Gasteiger partial charge >= 0.3 is 0 Å². The minimum absolute atomic E-state index is 0.452. The van der Waals surface area contributed by atoms with Gasteiger partial charge in [0.05, 0.1) is 14.2 Å². The van der Waals surface area contributed by atoms with Gasteiger partial charge in [-0.1, -0.05) is 29.8 Å². The van der Waals surface area contributed by atoms with E-state index in [1.807, 2.05) is 18.2 Å². The summed E-state index contributed by atoms with van der Waals surface area (Å²) in [6.07, 6.45) is 0.942. The maximum absolute atomic E-state index is 5.35. The molecule has 0 aliphatic carbocycles. The van der Waals surface area contributed by atoms with Crippen molar-refractivity contribution in [2.45, 2.75) is 25.1 Å². The number of hydrogen-bond acceptors (Lipinski definition) is 2. The molecule has 90 valence electrons. The average molecular weight is 287 g/mol. The molecule has 1 rings (SSSR count). The van der Waals surface area contributed by atoms with Crippen LogP contribution >= 0.6 is 15.9 Å². The quantitative estimate of drug-likeness (QED) is 0.769. The van der Waals surface area contributed by atoms with Crippen molar-refractivity contribution in [3.8, 4) is 11.5 Å². The van der Waals surface area contributed by atoms with Crippen molar-refractivity contribution in [2.75, 3.05) is 14.2 Å². The van der Waals surface area contributed by atoms with Crippen molar-refractivity contribution in [3.05, 3.63) is 23.8 Å². The predicted octanol–water partition coefficient (Wildman–Crippen LogP) is 3.67. The third kappa shape index (κ3) is 3.41. The fourth-order valence-corrected chi connectivity index (χ4v) is 1.84. The van der Waals surface area contributed by atoms with Crippen molar-refractivity contribution in [2.24, 2.45) is 5.92 Å². The second kappa shape index (κ2) is 6.14. The summed E-state index contributed by atoms with van der Waals surface area (Å²) in [4.78, 5) is 0.452. The van der Waals surface area contributed by atoms with E-state index < -0.39 is 0 Å². The molecular weight excluding hydrogens is 268 g/mol. The van der Waals surface area contributed by atoms with E-state index in [4.69, 9.17) is 9.47 Å². The van der Waals surface area contributed by atoms with E-state index in [9.17, 15) is 0 Å². The van der Waals surface area contributed by atoms with Crippen LogP contribution < -0.4 is 9.47 Å². The molecule has 0 amide bonds. The van der Waals surface area contributed by atoms with E-state index in [2.05, 4.69) is 29.8 Å². The second-order valence-electron chi connectivity index (χ2n) is 4.14. The van der Waals surface area contributed by atoms with Crippen LogP contribution in [0.1, 0.15) is 19.4 Å². The van der Waals surface area contributed by atoms with Crippen molar-refractivity contribution in [1.29, 1.82) is 0 Å². The summed E-state index contributed by atoms with van der Waals surface area (Å²) in [5.41, 5.74) is 1.18. The van der Waals surface area contributed by atoms with Crippen LogP contribution in [0.3, 0.4) is 0 Å². The fourth-order valence-electron chi connectivity index (χ4n) is 1.49. The summed E-state index contributed by atoms with van der Waals surface area (Å²) < 4.78 is 10.6. The highest BCUT2D eigenvalue weighted by Crippen LogP contribution is 2.28. The molecule has 0 fully saturated rings. The zero-order valence-corrected chi connectivity index (χ0v) is 11.9. The molecule has 0 heterocycles. The third-order valence-electron chi connectivity index (χ3n) is 2.63. The number of methoxy groups -OCH3 is 2. The van der Waals surface area contributed by atoms with Gasteiger partial charge in [-0.3, -0.25) is 0 Å². The SMILES string of the molecule is COc1ccc(OC)c(CC(Br)C(C)C)c1. The van der Waals surface area contributed by atoms with Gasteiger partial charge in [-0.2, -0.15) is 0 Å². The molecule has 1 unspecified atom stereocenters. The molecule has 1 aromatic rings. The van der Waals surface area contributed by atoms with E-state index in [1.165, 1.54) is 5.56 Å². The van der Waals surface area contributed by atoms with Crippen molar-refractivity contribution < 1.29 is 9.47 Å². The Bertz CT molecular complexity index is 337. The largest absolute Gasteiger partial charge is 0.497 e. The van der Waals surface area contributed by atoms with Gasteiger partial charge in [0.1, 0.15) is 11.5 Å². The maximum Gasteiger partial charge on any atom is 0.122 e. The Balaban J connectivity index is 2.91. The minimum atomic E-state index is 0.452. The molecule has 0 saturated heterocycles. The number of halogens is 1. The molecule has 0 N–H and O–H groups in total. The first-order chi connectivity index (χ1) is 7.58. The molecule has 2 nitrogen and oxygen atoms in total. The monoisotopic (exact) mass is 286 g/mol. The van der Waals surface area contributed by atoms with Crippen LogP contribution in [0.5, 0.6) is 11.5 Å². The number of ether oxygens (including phenoxy) is 2. The van der Waals surface area contributed by atoms with Gasteiger partial charge in [0.25, 0.3) is 0 Å². The maximum atomic E-state index is 5.35. The van der Waals surface area contributed by atoms with E-state index in [-0.39, 0.29) is 0 Å². The Morgan fingerprint density at radius 3 is 2.38 bits per heavy atom. The van der Waals surface area contributed by atoms with E-state index in [0.29, 0.717) is 10.7 Å². The first-order valence-electron chi connectivity index (χ1n) is 5.43. The minimum Gasteiger partial charge on any atom is -0.497 e. The summed E-state index contributed by atoms with van der Waals surface area (Å²) >= 11 is 3.69. The van der Waals surface area contributed by atoms with Gasteiger partial charge in [0.15, 0.2) is 0 Å². The van der Waals surface area contributed by atoms with Crippen LogP contribution in [-0.2, 0) is 6.42 Å². The lowest BCUT2D eigenvalue weighted by molar-refractivity contribution is 0.397. The molecule has 0 bridgehead atoms. The highest BCUT2D eigenvalue weighted by atomic mass is 79.9. The highest BCUT2D eigenvalue weighted by molar-refractivity contribution is 9.09. The molecule has 0 aliphatic rings. The summed E-state index contributed by atoms with van der Waals surface area (Å²) in [7, 11) is 3.38. The molecule has 0 spiro atoms. The lowest BCUT2D eigenvalue weighted by Crippen LogP contribution is -2.11. The lowest BCUT2D eigenvalue weighted by Gasteiger charge is -2.16. The van der Waals surface area contributed by atoms with Gasteiger partial charge in [0, 0.05) is 4.83 Å². The van der Waals surface area contributed by atoms with Crippen LogP contribution in [-0.4, -0.2) is 19.0 Å². The zero-order chi connectivity index (χ0) is 12.1. The van der Waals surface area contributed by atoms with Crippen LogP contribution in [0.15, 0.2) is 18.2 Å². The van der Waals surface area contributed by atoms with Gasteiger partial charge < -0.3 is 9.47 Å². The Labute approximate surface area is 106 Å². The topological polar surface area (TPSA) is 18.5 Å². The molecule has 16 heavy (non-hydrogen) atoms. The Hall–Kier alpha value is -0.700. The number of benzene rings is 1. The Kier molecular flexibility index (Phi) is 5.13. The highest BCUT2D eigenvalue weighted by Gasteiger charge is 2.13. The zero-order valence-electron chi connectivity index (χ0n) is 10.3. The molecule has 1 aromatic carbocycles. The van der Waals surface area contributed by atoms with Gasteiger partial charge in [-0.25, -0.2) is 0 Å². The van der Waals surface area contributed by atoms with Crippen LogP contribution in [0.25, 0.3) is 0 Å². The normalized spacial score (nSPS) is 12.6. The summed E-state index contributed by atoms with van der Waals surface area (Å²) in [5, 5.41) is 0. The summed E-state index contributed by atoms with van der Waals surface area (Å²) in [6.45, 7) is 4.40. The summed E-state index contributed by atoms with van der Waals surface area (Å²) in [5.74, 6) is 2.39. The predicted molar refractivity (Wildman–Crippen MR) is 70.8 cm³/mol. The molecule has 1 atom stereocenters. The van der Waals surface area contributed by atoms with Crippen LogP contribution in [0, 0.1) is 5.92 Å². The van der Waals surface area contributed by atoms with Crippen molar-refractivity contribution >= 4 is 15.9 Å². The molecule has 3 heteroatoms. The number of alkyl halides is 1. The molecule has 0 saturated carbocycles. The number of rotatable bonds is 5. The molecule has 0 aliphatic heterocycles. The fraction of sp³-hybridized carbons (Fsp3) is 0.538. The van der Waals surface area contributed by atoms with Gasteiger partial charge in [-0.05, 0) is 36.1 Å². The first-order valence-corrected chi connectivity index (χ1v) is 6.35. The Morgan fingerprint density at radius 2 is 1.88 bits per heavy atom. The third-order valence-corrected chi connectivity index (χ3v) is 4.01. The van der Waals surface area contributed by atoms with Gasteiger partial charge in [-0.15, -0.1) is 0 Å². The van der Waals surface area contributed by atoms with Gasteiger partial charge in [0.2, 0.25) is 0 Å². The molecule has 0 radical (unpaired) electrons. The molecule has 0 aromatic heterocycles. The smallest absolute Gasteiger partial charge is 0.122 e. The standard InChI is InChI=1S/C13H19BrO2/c1-9(2)12(14)8-10-7-11(15-3)5-6-13(10)16-4/h5-7,9,12H,8H2,1-4H3. The van der Waals surface area contributed by atoms with Crippen LogP contribution in [0.4, 0.5) is 0 Å². The Morgan fingerprint density at radius 1 is 1.19 bits per heavy atom. The first kappa shape index (κ1) is 13.4. The lowest BCUT2D eigenvalue weighted by atomic mass is 10.0. The average Bonchev–Trinajstić information content (AvgIpc) is 2.28. The van der Waals surface area contributed by atoms with E-state index >= 15 is 0 Å². The number of hydrogen-bond donors (Lipinski definition) is 0. The van der Waals surface area contributed by atoms with Crippen LogP contribution in [0.2, 0.25) is 0 Å². The van der Waals surface area contributed by atoms with E-state index in [1.54, 1.807) is 14.2 Å².